The predicted molar refractivity (Wildman–Crippen MR) is 131 cm³/mol. The van der Waals surface area contributed by atoms with Crippen LogP contribution in [0.15, 0.2) is 48.7 Å². The van der Waals surface area contributed by atoms with Gasteiger partial charge in [-0.15, -0.1) is 0 Å². The maximum absolute atomic E-state index is 13.0. The van der Waals surface area contributed by atoms with Gasteiger partial charge in [0.1, 0.15) is 29.1 Å². The first-order valence-electron chi connectivity index (χ1n) is 11.7. The summed E-state index contributed by atoms with van der Waals surface area (Å²) in [5, 5.41) is 6.98. The highest BCUT2D eigenvalue weighted by Crippen LogP contribution is 2.37. The molecule has 2 aromatic carbocycles. The Labute approximate surface area is 208 Å². The van der Waals surface area contributed by atoms with Crippen LogP contribution >= 0.6 is 0 Å². The zero-order valence-electron chi connectivity index (χ0n) is 20.6. The van der Waals surface area contributed by atoms with Gasteiger partial charge in [-0.05, 0) is 38.1 Å². The Morgan fingerprint density at radius 2 is 1.92 bits per heavy atom. The molecule has 5 rings (SSSR count). The van der Waals surface area contributed by atoms with Crippen LogP contribution in [0, 0.1) is 0 Å². The van der Waals surface area contributed by atoms with Gasteiger partial charge in [0, 0.05) is 50.5 Å². The van der Waals surface area contributed by atoms with Crippen LogP contribution in [0.1, 0.15) is 41.0 Å². The van der Waals surface area contributed by atoms with Gasteiger partial charge in [-0.2, -0.15) is 5.10 Å². The molecule has 0 aliphatic carbocycles. The molecular weight excluding hydrogens is 464 g/mol. The number of rotatable bonds is 6. The van der Waals surface area contributed by atoms with Gasteiger partial charge >= 0.3 is 0 Å². The molecule has 2 aliphatic rings. The molecule has 1 fully saturated rings. The van der Waals surface area contributed by atoms with Crippen molar-refractivity contribution in [3.63, 3.8) is 0 Å². The maximum atomic E-state index is 13.0. The van der Waals surface area contributed by atoms with Crippen molar-refractivity contribution in [1.29, 1.82) is 0 Å². The molecule has 2 amide bonds. The van der Waals surface area contributed by atoms with E-state index in [1.54, 1.807) is 72.3 Å². The minimum atomic E-state index is -0.795. The highest BCUT2D eigenvalue weighted by Gasteiger charge is 2.37. The Balaban J connectivity index is 1.43. The third-order valence-electron chi connectivity index (χ3n) is 6.18. The molecule has 2 aliphatic heterocycles. The minimum absolute atomic E-state index is 0.102. The number of benzene rings is 2. The van der Waals surface area contributed by atoms with Gasteiger partial charge < -0.3 is 29.2 Å². The van der Waals surface area contributed by atoms with Gasteiger partial charge in [-0.1, -0.05) is 0 Å². The van der Waals surface area contributed by atoms with E-state index >= 15 is 0 Å². The van der Waals surface area contributed by atoms with Crippen molar-refractivity contribution in [2.45, 2.75) is 32.1 Å². The second kappa shape index (κ2) is 9.19. The van der Waals surface area contributed by atoms with Crippen LogP contribution in [-0.2, 0) is 11.8 Å². The molecule has 10 nitrogen and oxygen atoms in total. The Morgan fingerprint density at radius 3 is 2.64 bits per heavy atom. The van der Waals surface area contributed by atoms with Crippen molar-refractivity contribution in [2.75, 3.05) is 25.6 Å². The molecule has 1 N–H and O–H groups in total. The van der Waals surface area contributed by atoms with E-state index in [4.69, 9.17) is 18.9 Å². The van der Waals surface area contributed by atoms with Crippen LogP contribution in [0.25, 0.3) is 0 Å². The molecule has 0 spiro atoms. The fourth-order valence-electron chi connectivity index (χ4n) is 4.02. The number of amides is 2. The van der Waals surface area contributed by atoms with Gasteiger partial charge in [-0.25, -0.2) is 0 Å². The molecule has 36 heavy (non-hydrogen) atoms. The summed E-state index contributed by atoms with van der Waals surface area (Å²) >= 11 is 0. The third-order valence-corrected chi connectivity index (χ3v) is 6.18. The van der Waals surface area contributed by atoms with Crippen LogP contribution in [0.3, 0.4) is 0 Å². The Hall–Kier alpha value is -4.05. The zero-order valence-corrected chi connectivity index (χ0v) is 20.6. The molecule has 0 bridgehead atoms. The first kappa shape index (κ1) is 23.7. The van der Waals surface area contributed by atoms with Crippen molar-refractivity contribution in [3.8, 4) is 23.0 Å². The topological polar surface area (TPSA) is 104 Å². The molecule has 1 atom stereocenters. The first-order chi connectivity index (χ1) is 17.2. The van der Waals surface area contributed by atoms with E-state index in [-0.39, 0.29) is 17.9 Å². The highest BCUT2D eigenvalue weighted by atomic mass is 16.5. The monoisotopic (exact) mass is 492 g/mol. The summed E-state index contributed by atoms with van der Waals surface area (Å²) in [6.07, 6.45) is 2.40. The smallest absolute Gasteiger partial charge is 0.260 e. The van der Waals surface area contributed by atoms with E-state index in [0.29, 0.717) is 53.2 Å². The largest absolute Gasteiger partial charge is 0.488 e. The second-order valence-electron chi connectivity index (χ2n) is 9.30. The van der Waals surface area contributed by atoms with Gasteiger partial charge in [0.2, 0.25) is 0 Å². The number of ether oxygens (including phenoxy) is 4. The zero-order chi connectivity index (χ0) is 25.4. The summed E-state index contributed by atoms with van der Waals surface area (Å²) in [6.45, 7) is 4.76. The summed E-state index contributed by atoms with van der Waals surface area (Å²) < 4.78 is 25.2. The fraction of sp³-hybridized carbons (Fsp3) is 0.346. The number of fused-ring (bicyclic) bond motifs is 1. The number of hydrogen-bond acceptors (Lipinski definition) is 7. The van der Waals surface area contributed by atoms with Gasteiger partial charge in [0.05, 0.1) is 18.8 Å². The van der Waals surface area contributed by atoms with Crippen molar-refractivity contribution in [1.82, 2.24) is 14.7 Å². The Morgan fingerprint density at radius 1 is 1.11 bits per heavy atom. The lowest BCUT2D eigenvalue weighted by atomic mass is 10.1. The molecule has 10 heteroatoms. The number of carbonyl (C=O) groups excluding carboxylic acids is 2. The molecular formula is C26H28N4O6. The number of nitrogens with one attached hydrogen (secondary N) is 1. The number of anilines is 1. The van der Waals surface area contributed by atoms with Crippen molar-refractivity contribution >= 4 is 17.6 Å². The van der Waals surface area contributed by atoms with E-state index in [2.05, 4.69) is 10.4 Å². The predicted octanol–water partition coefficient (Wildman–Crippen LogP) is 3.83. The lowest BCUT2D eigenvalue weighted by Gasteiger charge is -2.40. The summed E-state index contributed by atoms with van der Waals surface area (Å²) in [4.78, 5) is 27.3. The Bertz CT molecular complexity index is 1310. The van der Waals surface area contributed by atoms with Crippen LogP contribution in [0.4, 0.5) is 5.82 Å². The summed E-state index contributed by atoms with van der Waals surface area (Å²) in [5.74, 6) is 1.73. The van der Waals surface area contributed by atoms with Crippen LogP contribution in [-0.4, -0.2) is 58.6 Å². The van der Waals surface area contributed by atoms with Crippen molar-refractivity contribution in [2.24, 2.45) is 7.05 Å². The number of aryl methyl sites for hydroxylation is 1. The molecule has 3 aromatic rings. The molecule has 0 saturated carbocycles. The Kier molecular flexibility index (Phi) is 6.05. The van der Waals surface area contributed by atoms with Gasteiger partial charge in [0.25, 0.3) is 11.8 Å². The number of aromatic nitrogens is 2. The van der Waals surface area contributed by atoms with E-state index in [9.17, 15) is 9.59 Å². The number of hydrogen-bond donors (Lipinski definition) is 1. The number of nitrogens with zero attached hydrogens (tertiary/aromatic N) is 3. The van der Waals surface area contributed by atoms with E-state index in [1.807, 2.05) is 13.8 Å². The highest BCUT2D eigenvalue weighted by molar-refractivity contribution is 6.04. The minimum Gasteiger partial charge on any atom is -0.488 e. The van der Waals surface area contributed by atoms with E-state index < -0.39 is 5.72 Å². The van der Waals surface area contributed by atoms with E-state index in [0.717, 1.165) is 6.42 Å². The van der Waals surface area contributed by atoms with Gasteiger partial charge in [-0.3, -0.25) is 14.3 Å². The van der Waals surface area contributed by atoms with Gasteiger partial charge in [0.15, 0.2) is 11.5 Å². The van der Waals surface area contributed by atoms with Crippen molar-refractivity contribution < 1.29 is 28.5 Å². The van der Waals surface area contributed by atoms with Crippen LogP contribution in [0.5, 0.6) is 23.0 Å². The second-order valence-corrected chi connectivity index (χ2v) is 9.30. The number of carbonyl (C=O) groups is 2. The lowest BCUT2D eigenvalue weighted by molar-refractivity contribution is -0.0366. The SMILES string of the molecule is CN1C(=O)c2ccc(Oc3cc(O[C@H]4CCOC4)cc(C(=O)Nc4ccn(C)n4)c3)cc2OC1(C)C. The first-order valence-corrected chi connectivity index (χ1v) is 11.7. The molecule has 0 radical (unpaired) electrons. The van der Waals surface area contributed by atoms with Crippen LogP contribution < -0.4 is 19.5 Å². The third kappa shape index (κ3) is 4.85. The average molecular weight is 493 g/mol. The average Bonchev–Trinajstić information content (AvgIpc) is 3.48. The standard InChI is InChI=1S/C26H28N4O6/c1-26(2)30(4)25(32)21-6-5-17(14-22(21)36-26)34-19-11-16(24(31)27-23-7-9-29(3)28-23)12-20(13-19)35-18-8-10-33-15-18/h5-7,9,11-14,18H,8,10,15H2,1-4H3,(H,27,28,31)/t18-/m0/s1. The van der Waals surface area contributed by atoms with Crippen LogP contribution in [0.2, 0.25) is 0 Å². The summed E-state index contributed by atoms with van der Waals surface area (Å²) in [7, 11) is 3.48. The molecule has 1 aromatic heterocycles. The molecule has 1 saturated heterocycles. The van der Waals surface area contributed by atoms with Crippen molar-refractivity contribution in [3.05, 3.63) is 59.8 Å². The molecule has 188 valence electrons. The van der Waals surface area contributed by atoms with E-state index in [1.165, 1.54) is 0 Å². The summed E-state index contributed by atoms with van der Waals surface area (Å²) in [6, 6.07) is 11.8. The normalized spacial score (nSPS) is 18.4. The molecule has 0 unspecified atom stereocenters. The maximum Gasteiger partial charge on any atom is 0.260 e. The lowest BCUT2D eigenvalue weighted by Crippen LogP contribution is -2.52. The fourth-order valence-corrected chi connectivity index (χ4v) is 4.02. The summed E-state index contributed by atoms with van der Waals surface area (Å²) in [5.41, 5.74) is 0.00781. The molecule has 3 heterocycles. The quantitative estimate of drug-likeness (QED) is 0.558.